The lowest BCUT2D eigenvalue weighted by molar-refractivity contribution is -0.147. The molecule has 6 aliphatic carbocycles. The fourth-order valence-corrected chi connectivity index (χ4v) is 15.9. The Balaban J connectivity index is 0.000000128. The molecule has 3 aliphatic heterocycles. The molecule has 406 valence electrons. The molecule has 3 aromatic rings. The summed E-state index contributed by atoms with van der Waals surface area (Å²) in [6, 6.07) is 12.9. The molecule has 12 nitrogen and oxygen atoms in total. The molecule has 12 rings (SSSR count). The van der Waals surface area contributed by atoms with Crippen LogP contribution >= 0.6 is 0 Å². The number of nitrogens with zero attached hydrogens (tertiary/aromatic N) is 3. The summed E-state index contributed by atoms with van der Waals surface area (Å²) in [6.07, 6.45) is 12.4. The van der Waals surface area contributed by atoms with Gasteiger partial charge in [-0.3, -0.25) is 19.5 Å². The van der Waals surface area contributed by atoms with E-state index in [1.54, 1.807) is 0 Å². The second-order valence-corrected chi connectivity index (χ2v) is 23.7. The Bertz CT molecular complexity index is 2550. The number of hydrogen-bond donors (Lipinski definition) is 5. The molecule has 3 heterocycles. The van der Waals surface area contributed by atoms with Crippen molar-refractivity contribution in [1.29, 1.82) is 0 Å². The van der Waals surface area contributed by atoms with Crippen LogP contribution in [-0.2, 0) is 24.1 Å². The van der Waals surface area contributed by atoms with Crippen LogP contribution in [0.2, 0.25) is 0 Å². The molecule has 0 radical (unpaired) electrons. The Morgan fingerprint density at radius 2 is 0.893 bits per heavy atom. The van der Waals surface area contributed by atoms with Crippen LogP contribution in [0.1, 0.15) is 146 Å². The zero-order valence-electron chi connectivity index (χ0n) is 45.6. The first-order chi connectivity index (χ1) is 36.0. The average molecular weight is 1030 g/mol. The van der Waals surface area contributed by atoms with Crippen molar-refractivity contribution in [3.05, 3.63) is 124 Å². The summed E-state index contributed by atoms with van der Waals surface area (Å²) in [5, 5.41) is 56.7. The summed E-state index contributed by atoms with van der Waals surface area (Å²) in [6.45, 7) is 29.4. The SMILES string of the molecule is C=CCN(CCC)C1Cc2ccc(C)c3c2C2C(O3)C(=O)CC[C@]21O.C=CCN(CCC)C1Cc2ccc(C)c3c2C2C(O3)C(O)CC[C@]21O.C=CCN(CCC)C1Cc2ccc(C)c3c2C2C(O3)C(O)CC[C@]21O. The summed E-state index contributed by atoms with van der Waals surface area (Å²) < 4.78 is 18.5. The van der Waals surface area contributed by atoms with Crippen molar-refractivity contribution in [3.8, 4) is 17.2 Å². The number of ether oxygens (including phenoxy) is 3. The maximum Gasteiger partial charge on any atom is 0.174 e. The van der Waals surface area contributed by atoms with Gasteiger partial charge in [-0.2, -0.15) is 0 Å². The third-order valence-corrected chi connectivity index (χ3v) is 19.2. The molecule has 75 heavy (non-hydrogen) atoms. The van der Waals surface area contributed by atoms with Crippen LogP contribution in [0.4, 0.5) is 0 Å². The molecule has 0 saturated heterocycles. The first-order valence-electron chi connectivity index (χ1n) is 28.5. The van der Waals surface area contributed by atoms with Crippen molar-refractivity contribution < 1.29 is 44.5 Å². The molecule has 14 atom stereocenters. The number of aliphatic hydroxyl groups is 5. The summed E-state index contributed by atoms with van der Waals surface area (Å²) >= 11 is 0. The number of Topliss-reactive ketones (excluding diaryl/α,β-unsaturated/α-hetero) is 1. The normalized spacial score (nSPS) is 34.4. The van der Waals surface area contributed by atoms with Crippen molar-refractivity contribution in [2.24, 2.45) is 0 Å². The van der Waals surface area contributed by atoms with E-state index in [4.69, 9.17) is 14.2 Å². The van der Waals surface area contributed by atoms with Crippen molar-refractivity contribution in [2.45, 2.75) is 202 Å². The van der Waals surface area contributed by atoms with Gasteiger partial charge in [-0.05, 0) is 144 Å². The Morgan fingerprint density at radius 3 is 1.25 bits per heavy atom. The molecule has 0 aromatic heterocycles. The number of aliphatic hydroxyl groups excluding tert-OH is 2. The Labute approximate surface area is 446 Å². The summed E-state index contributed by atoms with van der Waals surface area (Å²) in [7, 11) is 0. The fraction of sp³-hybridized carbons (Fsp3) is 0.603. The van der Waals surface area contributed by atoms with E-state index in [0.29, 0.717) is 38.5 Å². The van der Waals surface area contributed by atoms with E-state index in [2.05, 4.69) is 91.6 Å². The van der Waals surface area contributed by atoms with Crippen LogP contribution in [0.3, 0.4) is 0 Å². The highest BCUT2D eigenvalue weighted by molar-refractivity contribution is 5.88. The molecule has 3 aromatic carbocycles. The molecule has 3 saturated carbocycles. The summed E-state index contributed by atoms with van der Waals surface area (Å²) in [5.74, 6) is 2.26. The molecular weight excluding hydrogens is 943 g/mol. The van der Waals surface area contributed by atoms with Crippen LogP contribution in [0.15, 0.2) is 74.4 Å². The molecular formula is C63H85N3O9. The molecule has 11 unspecified atom stereocenters. The average Bonchev–Trinajstić information content (AvgIpc) is 4.15. The van der Waals surface area contributed by atoms with Crippen molar-refractivity contribution in [2.75, 3.05) is 39.3 Å². The van der Waals surface area contributed by atoms with E-state index in [-0.39, 0.29) is 53.9 Å². The lowest BCUT2D eigenvalue weighted by Crippen LogP contribution is -2.64. The minimum absolute atomic E-state index is 0.00388. The number of benzene rings is 3. The lowest BCUT2D eigenvalue weighted by atomic mass is 9.61. The number of rotatable bonds is 15. The Kier molecular flexibility index (Phi) is 15.2. The minimum Gasteiger partial charge on any atom is -0.486 e. The second-order valence-electron chi connectivity index (χ2n) is 23.7. The molecule has 0 amide bonds. The molecule has 12 heteroatoms. The van der Waals surface area contributed by atoms with Gasteiger partial charge < -0.3 is 39.7 Å². The van der Waals surface area contributed by atoms with E-state index in [0.717, 1.165) is 128 Å². The fourth-order valence-electron chi connectivity index (χ4n) is 15.9. The zero-order chi connectivity index (χ0) is 53.3. The van der Waals surface area contributed by atoms with Crippen LogP contribution in [-0.4, -0.2) is 151 Å². The third-order valence-electron chi connectivity index (χ3n) is 19.2. The minimum atomic E-state index is -0.914. The van der Waals surface area contributed by atoms with E-state index >= 15 is 0 Å². The van der Waals surface area contributed by atoms with Crippen LogP contribution in [0.25, 0.3) is 0 Å². The highest BCUT2D eigenvalue weighted by atomic mass is 16.5. The van der Waals surface area contributed by atoms with Gasteiger partial charge in [0.2, 0.25) is 0 Å². The third kappa shape index (κ3) is 8.76. The van der Waals surface area contributed by atoms with Gasteiger partial charge in [-0.1, -0.05) is 75.4 Å². The van der Waals surface area contributed by atoms with Gasteiger partial charge in [0.25, 0.3) is 0 Å². The van der Waals surface area contributed by atoms with Crippen molar-refractivity contribution in [3.63, 3.8) is 0 Å². The monoisotopic (exact) mass is 1030 g/mol. The van der Waals surface area contributed by atoms with Gasteiger partial charge in [0, 0.05) is 60.9 Å². The van der Waals surface area contributed by atoms with Gasteiger partial charge in [0.15, 0.2) is 11.9 Å². The smallest absolute Gasteiger partial charge is 0.174 e. The molecule has 3 fully saturated rings. The van der Waals surface area contributed by atoms with Gasteiger partial charge in [0.05, 0.1) is 46.8 Å². The molecule has 0 bridgehead atoms. The van der Waals surface area contributed by atoms with Gasteiger partial charge in [-0.15, -0.1) is 19.7 Å². The van der Waals surface area contributed by atoms with Gasteiger partial charge >= 0.3 is 0 Å². The quantitative estimate of drug-likeness (QED) is 0.0943. The predicted octanol–water partition coefficient (Wildman–Crippen LogP) is 7.85. The zero-order valence-corrected chi connectivity index (χ0v) is 45.6. The number of carbonyl (C=O) groups is 1. The first-order valence-corrected chi connectivity index (χ1v) is 28.5. The number of aryl methyl sites for hydroxylation is 3. The second kappa shape index (κ2) is 21.1. The van der Waals surface area contributed by atoms with E-state index in [1.165, 1.54) is 16.7 Å². The molecule has 0 spiro atoms. The Hall–Kier alpha value is -4.37. The van der Waals surface area contributed by atoms with Crippen LogP contribution in [0.5, 0.6) is 17.2 Å². The van der Waals surface area contributed by atoms with Gasteiger partial charge in [0.1, 0.15) is 29.5 Å². The first kappa shape index (κ1) is 54.0. The standard InChI is InChI=1S/2C21H29NO3.C21H27NO3/c3*1-4-10-22(11-5-2)16-12-14-7-6-13(3)19-17(14)18-20(25-19)15(23)8-9-21(16,18)24/h2*4,6-7,15-16,18,20,23-24H,1,5,8-12H2,2-3H3;4,6-7,16,18,20,24H,1,5,8-12H2,2-3H3/t2*15?,16?,18?,20?,21-;16?,18?,20?,21-/m111/s1. The predicted molar refractivity (Wildman–Crippen MR) is 293 cm³/mol. The topological polar surface area (TPSA) is 156 Å². The molecule has 9 aliphatic rings. The van der Waals surface area contributed by atoms with Crippen molar-refractivity contribution >= 4 is 5.78 Å². The lowest BCUT2D eigenvalue weighted by Gasteiger charge is -2.53. The van der Waals surface area contributed by atoms with Crippen molar-refractivity contribution in [1.82, 2.24) is 14.7 Å². The van der Waals surface area contributed by atoms with E-state index in [1.807, 2.05) is 39.0 Å². The van der Waals surface area contributed by atoms with Crippen LogP contribution < -0.4 is 14.2 Å². The summed E-state index contributed by atoms with van der Waals surface area (Å²) in [4.78, 5) is 19.6. The maximum atomic E-state index is 12.5. The maximum absolute atomic E-state index is 12.5. The Morgan fingerprint density at radius 1 is 0.547 bits per heavy atom. The number of ketones is 1. The summed E-state index contributed by atoms with van der Waals surface area (Å²) in [5.41, 5.74) is 7.77. The highest BCUT2D eigenvalue weighted by Gasteiger charge is 2.64. The van der Waals surface area contributed by atoms with E-state index in [9.17, 15) is 30.3 Å². The van der Waals surface area contributed by atoms with Gasteiger partial charge in [-0.25, -0.2) is 0 Å². The molecule has 5 N–H and O–H groups in total. The number of carbonyl (C=O) groups excluding carboxylic acids is 1. The van der Waals surface area contributed by atoms with Crippen LogP contribution in [0, 0.1) is 20.8 Å². The highest BCUT2D eigenvalue weighted by Crippen LogP contribution is 2.60. The van der Waals surface area contributed by atoms with E-state index < -0.39 is 35.1 Å². The largest absolute Gasteiger partial charge is 0.486 e. The number of hydrogen-bond acceptors (Lipinski definition) is 12.